The Labute approximate surface area is 78.1 Å². The van der Waals surface area contributed by atoms with E-state index in [1.165, 1.54) is 16.9 Å². The van der Waals surface area contributed by atoms with Crippen LogP contribution in [-0.4, -0.2) is 5.87 Å². The quantitative estimate of drug-likeness (QED) is 0.562. The van der Waals surface area contributed by atoms with E-state index in [1.54, 1.807) is 6.08 Å². The molecule has 0 fully saturated rings. The molecule has 1 aliphatic heterocycles. The molecule has 0 unspecified atom stereocenters. The summed E-state index contributed by atoms with van der Waals surface area (Å²) < 4.78 is 4.07. The van der Waals surface area contributed by atoms with E-state index in [2.05, 4.69) is 43.7 Å². The molecule has 1 nitrogen and oxygen atoms in total. The van der Waals surface area contributed by atoms with Gasteiger partial charge in [0.1, 0.15) is 0 Å². The molecule has 0 aromatic heterocycles. The Hall–Kier alpha value is -0.720. The Bertz CT molecular complexity index is 285. The lowest BCUT2D eigenvalue weighted by molar-refractivity contribution is 0.533. The molecular weight excluding hydrogens is 166 g/mol. The van der Waals surface area contributed by atoms with E-state index < -0.39 is 0 Å². The first kappa shape index (κ1) is 9.37. The molecule has 0 spiro atoms. The van der Waals surface area contributed by atoms with Crippen molar-refractivity contribution in [3.63, 3.8) is 0 Å². The molecule has 0 aromatic rings. The second kappa shape index (κ2) is 3.34. The van der Waals surface area contributed by atoms with E-state index in [1.807, 2.05) is 0 Å². The molecule has 0 saturated heterocycles. The van der Waals surface area contributed by atoms with Gasteiger partial charge in [0.05, 0.1) is 0 Å². The standard InChI is InChI=1S/C10H13NS/c1-5-8-6-9(10(2,3)4)12-11-7-8/h5-6H,1H2,2-4H3. The summed E-state index contributed by atoms with van der Waals surface area (Å²) in [5.74, 6) is 2.88. The third-order valence-electron chi connectivity index (χ3n) is 1.56. The lowest BCUT2D eigenvalue weighted by atomic mass is 9.95. The van der Waals surface area contributed by atoms with Crippen molar-refractivity contribution in [1.29, 1.82) is 0 Å². The van der Waals surface area contributed by atoms with Gasteiger partial charge in [-0.25, -0.2) is 0 Å². The van der Waals surface area contributed by atoms with Crippen LogP contribution in [0.4, 0.5) is 0 Å². The van der Waals surface area contributed by atoms with Crippen molar-refractivity contribution in [3.8, 4) is 0 Å². The van der Waals surface area contributed by atoms with E-state index in [-0.39, 0.29) is 5.41 Å². The molecule has 12 heavy (non-hydrogen) atoms. The second-order valence-corrected chi connectivity index (χ2v) is 4.52. The average Bonchev–Trinajstić information content (AvgIpc) is 2.03. The Morgan fingerprint density at radius 2 is 2.25 bits per heavy atom. The molecule has 1 heterocycles. The zero-order valence-electron chi connectivity index (χ0n) is 7.72. The van der Waals surface area contributed by atoms with Crippen LogP contribution >= 0.6 is 11.9 Å². The highest BCUT2D eigenvalue weighted by Crippen LogP contribution is 2.37. The lowest BCUT2D eigenvalue weighted by Crippen LogP contribution is -2.07. The Morgan fingerprint density at radius 3 is 2.75 bits per heavy atom. The van der Waals surface area contributed by atoms with Crippen molar-refractivity contribution in [2.45, 2.75) is 20.8 Å². The van der Waals surface area contributed by atoms with Gasteiger partial charge in [-0.1, -0.05) is 33.4 Å². The largest absolute Gasteiger partial charge is 0.168 e. The van der Waals surface area contributed by atoms with Crippen molar-refractivity contribution in [2.24, 2.45) is 9.81 Å². The fraction of sp³-hybridized carbons (Fsp3) is 0.400. The van der Waals surface area contributed by atoms with Crippen molar-refractivity contribution < 1.29 is 0 Å². The van der Waals surface area contributed by atoms with Gasteiger partial charge in [0.2, 0.25) is 0 Å². The van der Waals surface area contributed by atoms with Crippen molar-refractivity contribution in [3.05, 3.63) is 29.2 Å². The molecule has 0 radical (unpaired) electrons. The molecule has 0 aliphatic carbocycles. The van der Waals surface area contributed by atoms with Crippen LogP contribution in [0.2, 0.25) is 0 Å². The molecular formula is C10H13NS. The maximum absolute atomic E-state index is 4.07. The lowest BCUT2D eigenvalue weighted by Gasteiger charge is -2.21. The maximum Gasteiger partial charge on any atom is 0.0370 e. The molecule has 0 aromatic carbocycles. The first-order valence-corrected chi connectivity index (χ1v) is 4.66. The first-order chi connectivity index (χ1) is 5.54. The Balaban J connectivity index is 2.95. The monoisotopic (exact) mass is 179 g/mol. The fourth-order valence-electron chi connectivity index (χ4n) is 0.783. The highest BCUT2D eigenvalue weighted by molar-refractivity contribution is 8.02. The van der Waals surface area contributed by atoms with Gasteiger partial charge in [-0.15, -0.1) is 0 Å². The van der Waals surface area contributed by atoms with Crippen molar-refractivity contribution in [2.75, 3.05) is 0 Å². The van der Waals surface area contributed by atoms with E-state index in [4.69, 9.17) is 0 Å². The van der Waals surface area contributed by atoms with E-state index in [9.17, 15) is 0 Å². The number of rotatable bonds is 1. The predicted molar refractivity (Wildman–Crippen MR) is 56.3 cm³/mol. The van der Waals surface area contributed by atoms with Gasteiger partial charge in [-0.2, -0.15) is 4.40 Å². The highest BCUT2D eigenvalue weighted by Gasteiger charge is 2.18. The third-order valence-corrected chi connectivity index (χ3v) is 2.67. The summed E-state index contributed by atoms with van der Waals surface area (Å²) in [6, 6.07) is 0. The van der Waals surface area contributed by atoms with Crippen LogP contribution in [0.25, 0.3) is 0 Å². The molecule has 0 amide bonds. The topological polar surface area (TPSA) is 12.4 Å². The van der Waals surface area contributed by atoms with Gasteiger partial charge in [-0.05, 0) is 11.5 Å². The SMILES string of the molecule is C=CC1=C=NSC(C(C)(C)C)=C1. The van der Waals surface area contributed by atoms with Crippen LogP contribution in [0, 0.1) is 5.41 Å². The highest BCUT2D eigenvalue weighted by atomic mass is 32.2. The number of nitrogens with zero attached hydrogens (tertiary/aromatic N) is 1. The van der Waals surface area contributed by atoms with Gasteiger partial charge in [0.15, 0.2) is 0 Å². The molecule has 64 valence electrons. The average molecular weight is 179 g/mol. The maximum atomic E-state index is 4.07. The summed E-state index contributed by atoms with van der Waals surface area (Å²) in [6.07, 6.45) is 3.86. The van der Waals surface area contributed by atoms with Crippen molar-refractivity contribution >= 4 is 17.8 Å². The van der Waals surface area contributed by atoms with Crippen LogP contribution in [0.5, 0.6) is 0 Å². The minimum atomic E-state index is 0.171. The Morgan fingerprint density at radius 1 is 1.58 bits per heavy atom. The summed E-state index contributed by atoms with van der Waals surface area (Å²) in [5, 5.41) is 0. The van der Waals surface area contributed by atoms with Gasteiger partial charge in [-0.3, -0.25) is 0 Å². The summed E-state index contributed by atoms with van der Waals surface area (Å²) in [6.45, 7) is 10.2. The summed E-state index contributed by atoms with van der Waals surface area (Å²) in [4.78, 5) is 1.26. The smallest absolute Gasteiger partial charge is 0.0370 e. The second-order valence-electron chi connectivity index (χ2n) is 3.71. The van der Waals surface area contributed by atoms with Gasteiger partial charge >= 0.3 is 0 Å². The zero-order chi connectivity index (χ0) is 9.19. The van der Waals surface area contributed by atoms with E-state index in [0.29, 0.717) is 0 Å². The first-order valence-electron chi connectivity index (χ1n) is 3.88. The van der Waals surface area contributed by atoms with Crippen LogP contribution < -0.4 is 0 Å². The minimum absolute atomic E-state index is 0.171. The molecule has 0 bridgehead atoms. The normalized spacial score (nSPS) is 16.9. The minimum Gasteiger partial charge on any atom is -0.168 e. The zero-order valence-corrected chi connectivity index (χ0v) is 8.53. The van der Waals surface area contributed by atoms with Gasteiger partial charge in [0.25, 0.3) is 0 Å². The molecule has 1 aliphatic rings. The summed E-state index contributed by atoms with van der Waals surface area (Å²) >= 11 is 1.50. The molecule has 0 N–H and O–H groups in total. The van der Waals surface area contributed by atoms with Crippen molar-refractivity contribution in [1.82, 2.24) is 0 Å². The molecule has 0 atom stereocenters. The fourth-order valence-corrected chi connectivity index (χ4v) is 1.49. The van der Waals surface area contributed by atoms with E-state index >= 15 is 0 Å². The molecule has 2 heteroatoms. The van der Waals surface area contributed by atoms with Crippen LogP contribution in [0.15, 0.2) is 33.6 Å². The van der Waals surface area contributed by atoms with Gasteiger partial charge in [0, 0.05) is 28.3 Å². The summed E-state index contributed by atoms with van der Waals surface area (Å²) in [7, 11) is 0. The summed E-state index contributed by atoms with van der Waals surface area (Å²) in [5.41, 5.74) is 1.14. The Kier molecular flexibility index (Phi) is 2.61. The molecule has 0 saturated carbocycles. The number of hydrogen-bond acceptors (Lipinski definition) is 2. The van der Waals surface area contributed by atoms with Crippen LogP contribution in [-0.2, 0) is 0 Å². The van der Waals surface area contributed by atoms with Gasteiger partial charge < -0.3 is 0 Å². The number of hydrogen-bond donors (Lipinski definition) is 0. The van der Waals surface area contributed by atoms with E-state index in [0.717, 1.165) is 5.57 Å². The third kappa shape index (κ3) is 2.13. The number of allylic oxidation sites excluding steroid dienone is 4. The molecule has 1 rings (SSSR count). The van der Waals surface area contributed by atoms with Crippen LogP contribution in [0.1, 0.15) is 20.8 Å². The predicted octanol–water partition coefficient (Wildman–Crippen LogP) is 3.36. The van der Waals surface area contributed by atoms with Crippen LogP contribution in [0.3, 0.4) is 0 Å².